The van der Waals surface area contributed by atoms with E-state index in [-0.39, 0.29) is 11.9 Å². The normalized spacial score (nSPS) is 12.2. The Labute approximate surface area is 181 Å². The van der Waals surface area contributed by atoms with E-state index in [9.17, 15) is 4.79 Å². The molecule has 0 saturated carbocycles. The van der Waals surface area contributed by atoms with Gasteiger partial charge >= 0.3 is 0 Å². The van der Waals surface area contributed by atoms with Crippen LogP contribution in [0.25, 0.3) is 11.8 Å². The first-order valence-corrected chi connectivity index (χ1v) is 10.1. The van der Waals surface area contributed by atoms with Crippen molar-refractivity contribution in [3.05, 3.63) is 102 Å². The minimum Gasteiger partial charge on any atom is -0.344 e. The summed E-state index contributed by atoms with van der Waals surface area (Å²) in [4.78, 5) is 16.7. The van der Waals surface area contributed by atoms with Crippen molar-refractivity contribution < 1.29 is 4.79 Å². The van der Waals surface area contributed by atoms with E-state index in [1.54, 1.807) is 17.1 Å². The maximum atomic E-state index is 12.8. The molecule has 1 atom stereocenters. The first-order chi connectivity index (χ1) is 15.1. The molecule has 0 saturated heterocycles. The lowest BCUT2D eigenvalue weighted by molar-refractivity contribution is -0.117. The molecule has 0 radical (unpaired) electrons. The lowest BCUT2D eigenvalue weighted by Crippen LogP contribution is -2.30. The van der Waals surface area contributed by atoms with Crippen LogP contribution in [0.4, 0.5) is 0 Å². The van der Waals surface area contributed by atoms with E-state index in [0.29, 0.717) is 6.54 Å². The Morgan fingerprint density at radius 2 is 1.77 bits per heavy atom. The van der Waals surface area contributed by atoms with Crippen LogP contribution in [0.1, 0.15) is 28.6 Å². The highest BCUT2D eigenvalue weighted by Gasteiger charge is 2.15. The number of rotatable bonds is 7. The van der Waals surface area contributed by atoms with Gasteiger partial charge < -0.3 is 5.32 Å². The second kappa shape index (κ2) is 9.21. The van der Waals surface area contributed by atoms with Crippen LogP contribution in [0.5, 0.6) is 0 Å². The highest BCUT2D eigenvalue weighted by Crippen LogP contribution is 2.19. The fraction of sp³-hybridized carbons (Fsp3) is 0.167. The average molecular weight is 412 g/mol. The number of hydrogen-bond acceptors (Lipinski definition) is 4. The molecule has 0 aliphatic heterocycles. The molecule has 31 heavy (non-hydrogen) atoms. The van der Waals surface area contributed by atoms with Gasteiger partial charge in [-0.1, -0.05) is 48.5 Å². The SMILES string of the molecule is Cc1nn(-c2ccccc2)c(C)c1/C=C/C(=O)NC(Cn1cncn1)c1ccccc1. The van der Waals surface area contributed by atoms with Crippen molar-refractivity contribution in [3.63, 3.8) is 0 Å². The average Bonchev–Trinajstić information content (AvgIpc) is 3.41. The third-order valence-corrected chi connectivity index (χ3v) is 5.10. The molecule has 4 rings (SSSR count). The van der Waals surface area contributed by atoms with Crippen molar-refractivity contribution in [1.82, 2.24) is 29.9 Å². The molecule has 0 bridgehead atoms. The van der Waals surface area contributed by atoms with Gasteiger partial charge in [0.15, 0.2) is 0 Å². The number of aromatic nitrogens is 5. The van der Waals surface area contributed by atoms with Crippen molar-refractivity contribution >= 4 is 12.0 Å². The van der Waals surface area contributed by atoms with Crippen molar-refractivity contribution in [1.29, 1.82) is 0 Å². The smallest absolute Gasteiger partial charge is 0.244 e. The zero-order valence-electron chi connectivity index (χ0n) is 17.5. The van der Waals surface area contributed by atoms with Gasteiger partial charge in [0, 0.05) is 17.3 Å². The van der Waals surface area contributed by atoms with Crippen molar-refractivity contribution in [2.75, 3.05) is 0 Å². The molecule has 156 valence electrons. The fourth-order valence-electron chi connectivity index (χ4n) is 3.53. The highest BCUT2D eigenvalue weighted by atomic mass is 16.1. The van der Waals surface area contributed by atoms with Gasteiger partial charge in [0.2, 0.25) is 5.91 Å². The van der Waals surface area contributed by atoms with Crippen LogP contribution < -0.4 is 5.32 Å². The summed E-state index contributed by atoms with van der Waals surface area (Å²) in [6.07, 6.45) is 6.51. The van der Waals surface area contributed by atoms with Crippen LogP contribution in [-0.4, -0.2) is 30.5 Å². The maximum absolute atomic E-state index is 12.8. The summed E-state index contributed by atoms with van der Waals surface area (Å²) >= 11 is 0. The van der Waals surface area contributed by atoms with Crippen molar-refractivity contribution in [3.8, 4) is 5.69 Å². The Morgan fingerprint density at radius 1 is 1.06 bits per heavy atom. The first-order valence-electron chi connectivity index (χ1n) is 10.1. The zero-order valence-corrected chi connectivity index (χ0v) is 17.5. The molecular formula is C24H24N6O. The molecule has 2 aromatic heterocycles. The summed E-state index contributed by atoms with van der Waals surface area (Å²) in [7, 11) is 0. The molecule has 1 N–H and O–H groups in total. The summed E-state index contributed by atoms with van der Waals surface area (Å²) in [6.45, 7) is 4.44. The van der Waals surface area contributed by atoms with Gasteiger partial charge in [-0.15, -0.1) is 0 Å². The Kier molecular flexibility index (Phi) is 6.03. The molecule has 2 aromatic carbocycles. The van der Waals surface area contributed by atoms with Gasteiger partial charge in [0.1, 0.15) is 12.7 Å². The molecule has 2 heterocycles. The third-order valence-electron chi connectivity index (χ3n) is 5.10. The van der Waals surface area contributed by atoms with E-state index in [0.717, 1.165) is 28.2 Å². The van der Waals surface area contributed by atoms with Crippen LogP contribution in [0.15, 0.2) is 79.4 Å². The van der Waals surface area contributed by atoms with Crippen LogP contribution in [0.3, 0.4) is 0 Å². The fourth-order valence-corrected chi connectivity index (χ4v) is 3.53. The number of aryl methyl sites for hydroxylation is 1. The lowest BCUT2D eigenvalue weighted by atomic mass is 10.1. The quantitative estimate of drug-likeness (QED) is 0.470. The number of carbonyl (C=O) groups is 1. The summed E-state index contributed by atoms with van der Waals surface area (Å²) in [6, 6.07) is 19.6. The van der Waals surface area contributed by atoms with Gasteiger partial charge in [-0.2, -0.15) is 10.2 Å². The molecule has 4 aromatic rings. The molecular weight excluding hydrogens is 388 g/mol. The molecule has 7 heteroatoms. The topological polar surface area (TPSA) is 77.6 Å². The number of para-hydroxylation sites is 1. The summed E-state index contributed by atoms with van der Waals surface area (Å²) in [5, 5.41) is 11.9. The monoisotopic (exact) mass is 412 g/mol. The standard InChI is InChI=1S/C24H24N6O/c1-18-22(19(2)30(28-18)21-11-7-4-8-12-21)13-14-24(31)27-23(15-29-17-25-16-26-29)20-9-5-3-6-10-20/h3-14,16-17,23H,15H2,1-2H3,(H,27,31)/b14-13+. The van der Waals surface area contributed by atoms with Gasteiger partial charge in [-0.3, -0.25) is 9.48 Å². The Morgan fingerprint density at radius 3 is 2.45 bits per heavy atom. The largest absolute Gasteiger partial charge is 0.344 e. The number of hydrogen-bond donors (Lipinski definition) is 1. The van der Waals surface area contributed by atoms with Gasteiger partial charge in [0.05, 0.1) is 24.0 Å². The molecule has 1 amide bonds. The molecule has 0 aliphatic rings. The van der Waals surface area contributed by atoms with Crippen LogP contribution in [0.2, 0.25) is 0 Å². The van der Waals surface area contributed by atoms with Gasteiger partial charge in [0.25, 0.3) is 0 Å². The maximum Gasteiger partial charge on any atom is 0.244 e. The van der Waals surface area contributed by atoms with E-state index < -0.39 is 0 Å². The Hall–Kier alpha value is -4.00. The first kappa shape index (κ1) is 20.3. The third kappa shape index (κ3) is 4.78. The molecule has 1 unspecified atom stereocenters. The van der Waals surface area contributed by atoms with E-state index in [4.69, 9.17) is 0 Å². The second-order valence-electron chi connectivity index (χ2n) is 7.25. The Balaban J connectivity index is 1.52. The van der Waals surface area contributed by atoms with Crippen molar-refractivity contribution in [2.45, 2.75) is 26.4 Å². The number of carbonyl (C=O) groups excluding carboxylic acids is 1. The number of nitrogens with zero attached hydrogens (tertiary/aromatic N) is 5. The summed E-state index contributed by atoms with van der Waals surface area (Å²) in [5.41, 5.74) is 4.78. The van der Waals surface area contributed by atoms with E-state index >= 15 is 0 Å². The second-order valence-corrected chi connectivity index (χ2v) is 7.25. The summed E-state index contributed by atoms with van der Waals surface area (Å²) < 4.78 is 3.60. The number of benzene rings is 2. The number of nitrogens with one attached hydrogen (secondary N) is 1. The van der Waals surface area contributed by atoms with Crippen LogP contribution in [-0.2, 0) is 11.3 Å². The predicted octanol–water partition coefficient (Wildman–Crippen LogP) is 3.65. The van der Waals surface area contributed by atoms with Gasteiger partial charge in [-0.05, 0) is 37.6 Å². The minimum absolute atomic E-state index is 0.180. The molecule has 0 spiro atoms. The van der Waals surface area contributed by atoms with E-state index in [1.165, 1.54) is 6.33 Å². The molecule has 0 fully saturated rings. The van der Waals surface area contributed by atoms with E-state index in [1.807, 2.05) is 85.3 Å². The van der Waals surface area contributed by atoms with Gasteiger partial charge in [-0.25, -0.2) is 9.67 Å². The Bertz CT molecular complexity index is 1160. The predicted molar refractivity (Wildman–Crippen MR) is 119 cm³/mol. The van der Waals surface area contributed by atoms with E-state index in [2.05, 4.69) is 20.5 Å². The number of amides is 1. The van der Waals surface area contributed by atoms with Crippen LogP contribution in [0, 0.1) is 13.8 Å². The molecule has 0 aliphatic carbocycles. The molecule has 7 nitrogen and oxygen atoms in total. The minimum atomic E-state index is -0.228. The highest BCUT2D eigenvalue weighted by molar-refractivity contribution is 5.92. The summed E-state index contributed by atoms with van der Waals surface area (Å²) in [5.74, 6) is -0.180. The van der Waals surface area contributed by atoms with Crippen LogP contribution >= 0.6 is 0 Å². The zero-order chi connectivity index (χ0) is 21.6. The van der Waals surface area contributed by atoms with Crippen molar-refractivity contribution in [2.24, 2.45) is 0 Å². The lowest BCUT2D eigenvalue weighted by Gasteiger charge is -2.18.